The van der Waals surface area contributed by atoms with E-state index in [0.29, 0.717) is 18.7 Å². The summed E-state index contributed by atoms with van der Waals surface area (Å²) in [5, 5.41) is 16.6. The van der Waals surface area contributed by atoms with Crippen LogP contribution in [0, 0.1) is 5.41 Å². The van der Waals surface area contributed by atoms with Crippen LogP contribution >= 0.6 is 12.4 Å². The van der Waals surface area contributed by atoms with Gasteiger partial charge in [-0.25, -0.2) is 0 Å². The van der Waals surface area contributed by atoms with Crippen molar-refractivity contribution in [1.82, 2.24) is 9.80 Å². The summed E-state index contributed by atoms with van der Waals surface area (Å²) in [6, 6.07) is 7.31. The smallest absolute Gasteiger partial charge is 0.317 e. The number of carboxylic acid groups (broad SMARTS) is 1. The van der Waals surface area contributed by atoms with Crippen LogP contribution in [0.2, 0.25) is 0 Å². The predicted octanol–water partition coefficient (Wildman–Crippen LogP) is 0.938. The van der Waals surface area contributed by atoms with E-state index in [1.807, 2.05) is 26.8 Å². The molecule has 148 valence electrons. The third-order valence-electron chi connectivity index (χ3n) is 5.08. The first-order valence-electron chi connectivity index (χ1n) is 8.90. The van der Waals surface area contributed by atoms with Crippen LogP contribution in [-0.2, 0) is 9.59 Å². The molecule has 2 heterocycles. The molecule has 0 spiro atoms. The standard InChI is InChI=1S/C18H25N5O3.ClH/c19-18(20)13-4-6-14(7-5-13)21-9-10-23(16(24)11-21)15-3-1-2-8-22(15)12-17(25)26;/h4-7,15H,1-3,8-12H2,(H3,19,20)(H,25,26);1H. The minimum atomic E-state index is -0.853. The Labute approximate surface area is 164 Å². The number of amidine groups is 1. The number of nitrogens with one attached hydrogen (secondary N) is 1. The molecule has 0 saturated carbocycles. The van der Waals surface area contributed by atoms with E-state index < -0.39 is 5.97 Å². The van der Waals surface area contributed by atoms with Gasteiger partial charge in [-0.15, -0.1) is 12.4 Å². The van der Waals surface area contributed by atoms with Crippen molar-refractivity contribution in [2.75, 3.05) is 37.6 Å². The predicted molar refractivity (Wildman–Crippen MR) is 105 cm³/mol. The Balaban J connectivity index is 0.00000261. The molecule has 8 nitrogen and oxygen atoms in total. The van der Waals surface area contributed by atoms with Crippen LogP contribution < -0.4 is 10.6 Å². The third kappa shape index (κ3) is 4.90. The second-order valence-electron chi connectivity index (χ2n) is 6.81. The molecular formula is C18H26ClN5O3. The van der Waals surface area contributed by atoms with Crippen molar-refractivity contribution >= 4 is 35.8 Å². The number of hydrogen-bond donors (Lipinski definition) is 3. The summed E-state index contributed by atoms with van der Waals surface area (Å²) in [7, 11) is 0. The van der Waals surface area contributed by atoms with E-state index in [9.17, 15) is 9.59 Å². The van der Waals surface area contributed by atoms with Gasteiger partial charge in [0.05, 0.1) is 19.3 Å². The van der Waals surface area contributed by atoms with Gasteiger partial charge in [0.1, 0.15) is 5.84 Å². The summed E-state index contributed by atoms with van der Waals surface area (Å²) in [5.41, 5.74) is 7.06. The van der Waals surface area contributed by atoms with Gasteiger partial charge >= 0.3 is 5.97 Å². The van der Waals surface area contributed by atoms with Crippen molar-refractivity contribution in [2.45, 2.75) is 25.4 Å². The van der Waals surface area contributed by atoms with Crippen LogP contribution in [0.25, 0.3) is 0 Å². The molecule has 27 heavy (non-hydrogen) atoms. The van der Waals surface area contributed by atoms with Gasteiger partial charge in [0.25, 0.3) is 0 Å². The molecule has 4 N–H and O–H groups in total. The normalized spacial score (nSPS) is 20.9. The van der Waals surface area contributed by atoms with E-state index in [4.69, 9.17) is 16.2 Å². The fourth-order valence-electron chi connectivity index (χ4n) is 3.76. The lowest BCUT2D eigenvalue weighted by atomic mass is 10.1. The van der Waals surface area contributed by atoms with E-state index >= 15 is 0 Å². The van der Waals surface area contributed by atoms with Gasteiger partial charge in [-0.05, 0) is 43.5 Å². The number of amides is 1. The topological polar surface area (TPSA) is 114 Å². The molecule has 1 atom stereocenters. The fraction of sp³-hybridized carbons (Fsp3) is 0.500. The number of carbonyl (C=O) groups excluding carboxylic acids is 1. The summed E-state index contributed by atoms with van der Waals surface area (Å²) >= 11 is 0. The number of piperidine rings is 1. The van der Waals surface area contributed by atoms with Gasteiger partial charge in [-0.1, -0.05) is 0 Å². The number of aliphatic carboxylic acids is 1. The highest BCUT2D eigenvalue weighted by molar-refractivity contribution is 5.95. The highest BCUT2D eigenvalue weighted by Gasteiger charge is 2.35. The molecule has 9 heteroatoms. The number of anilines is 1. The van der Waals surface area contributed by atoms with Gasteiger partial charge in [0.2, 0.25) is 5.91 Å². The van der Waals surface area contributed by atoms with Crippen molar-refractivity contribution in [3.05, 3.63) is 29.8 Å². The van der Waals surface area contributed by atoms with Crippen molar-refractivity contribution in [3.63, 3.8) is 0 Å². The minimum absolute atomic E-state index is 0. The van der Waals surface area contributed by atoms with Crippen LogP contribution in [0.1, 0.15) is 24.8 Å². The maximum Gasteiger partial charge on any atom is 0.317 e. The number of nitrogens with two attached hydrogens (primary N) is 1. The van der Waals surface area contributed by atoms with Gasteiger partial charge < -0.3 is 20.6 Å². The molecule has 0 radical (unpaired) electrons. The van der Waals surface area contributed by atoms with Crippen molar-refractivity contribution in [3.8, 4) is 0 Å². The zero-order valence-electron chi connectivity index (χ0n) is 15.1. The van der Waals surface area contributed by atoms with Crippen LogP contribution in [0.15, 0.2) is 24.3 Å². The second kappa shape index (κ2) is 9.05. The quantitative estimate of drug-likeness (QED) is 0.505. The van der Waals surface area contributed by atoms with E-state index in [2.05, 4.69) is 0 Å². The minimum Gasteiger partial charge on any atom is -0.480 e. The lowest BCUT2D eigenvalue weighted by molar-refractivity contribution is -0.147. The van der Waals surface area contributed by atoms with Gasteiger partial charge in [-0.2, -0.15) is 0 Å². The largest absolute Gasteiger partial charge is 0.480 e. The number of carboxylic acids is 1. The lowest BCUT2D eigenvalue weighted by Gasteiger charge is -2.45. The van der Waals surface area contributed by atoms with E-state index in [1.54, 1.807) is 12.1 Å². The Morgan fingerprint density at radius 2 is 1.89 bits per heavy atom. The first-order chi connectivity index (χ1) is 12.5. The van der Waals surface area contributed by atoms with E-state index in [0.717, 1.165) is 31.5 Å². The average Bonchev–Trinajstić information content (AvgIpc) is 2.62. The molecular weight excluding hydrogens is 370 g/mol. The number of benzene rings is 1. The second-order valence-corrected chi connectivity index (χ2v) is 6.81. The number of hydrogen-bond acceptors (Lipinski definition) is 5. The molecule has 0 aliphatic carbocycles. The zero-order chi connectivity index (χ0) is 18.7. The van der Waals surface area contributed by atoms with Gasteiger partial charge in [-0.3, -0.25) is 19.9 Å². The molecule has 1 amide bonds. The van der Waals surface area contributed by atoms with Crippen LogP contribution in [0.4, 0.5) is 5.69 Å². The molecule has 2 aliphatic heterocycles. The van der Waals surface area contributed by atoms with Crippen molar-refractivity contribution in [1.29, 1.82) is 5.41 Å². The monoisotopic (exact) mass is 395 g/mol. The fourth-order valence-corrected chi connectivity index (χ4v) is 3.76. The van der Waals surface area contributed by atoms with Crippen molar-refractivity contribution in [2.24, 2.45) is 5.73 Å². The molecule has 0 aromatic heterocycles. The number of rotatable bonds is 5. The van der Waals surface area contributed by atoms with Gasteiger partial charge in [0, 0.05) is 30.9 Å². The summed E-state index contributed by atoms with van der Waals surface area (Å²) in [6.07, 6.45) is 2.70. The number of halogens is 1. The maximum atomic E-state index is 12.7. The first kappa shape index (κ1) is 21.0. The molecule has 1 aromatic carbocycles. The number of likely N-dealkylation sites (tertiary alicyclic amines) is 1. The summed E-state index contributed by atoms with van der Waals surface area (Å²) in [4.78, 5) is 29.6. The lowest BCUT2D eigenvalue weighted by Crippen LogP contribution is -2.60. The van der Waals surface area contributed by atoms with E-state index in [1.165, 1.54) is 0 Å². The molecule has 1 aromatic rings. The van der Waals surface area contributed by atoms with Crippen LogP contribution in [-0.4, -0.2) is 71.5 Å². The summed E-state index contributed by atoms with van der Waals surface area (Å²) < 4.78 is 0. The Hall–Kier alpha value is -2.32. The third-order valence-corrected chi connectivity index (χ3v) is 5.08. The van der Waals surface area contributed by atoms with E-state index in [-0.39, 0.29) is 43.4 Å². The highest BCUT2D eigenvalue weighted by atomic mass is 35.5. The molecule has 2 fully saturated rings. The Bertz CT molecular complexity index is 697. The molecule has 0 bridgehead atoms. The molecule has 3 rings (SSSR count). The van der Waals surface area contributed by atoms with Crippen LogP contribution in [0.3, 0.4) is 0 Å². The maximum absolute atomic E-state index is 12.7. The molecule has 2 aliphatic rings. The SMILES string of the molecule is Cl.N=C(N)c1ccc(N2CCN(C3CCCCN3CC(=O)O)C(=O)C2)cc1. The number of piperazine rings is 1. The Morgan fingerprint density at radius 1 is 1.19 bits per heavy atom. The number of carbonyl (C=O) groups is 2. The molecule has 1 unspecified atom stereocenters. The average molecular weight is 396 g/mol. The number of nitrogens with zero attached hydrogens (tertiary/aromatic N) is 3. The first-order valence-corrected chi connectivity index (χ1v) is 8.90. The summed E-state index contributed by atoms with van der Waals surface area (Å²) in [6.45, 7) is 2.25. The van der Waals surface area contributed by atoms with Crippen molar-refractivity contribution < 1.29 is 14.7 Å². The highest BCUT2D eigenvalue weighted by Crippen LogP contribution is 2.24. The van der Waals surface area contributed by atoms with Crippen LogP contribution in [0.5, 0.6) is 0 Å². The summed E-state index contributed by atoms with van der Waals surface area (Å²) in [5.74, 6) is -0.809. The number of nitrogen functional groups attached to an aromatic ring is 1. The Kier molecular flexibility index (Phi) is 7.04. The molecule has 2 saturated heterocycles. The Morgan fingerprint density at radius 3 is 2.48 bits per heavy atom. The van der Waals surface area contributed by atoms with Gasteiger partial charge in [0.15, 0.2) is 0 Å². The zero-order valence-corrected chi connectivity index (χ0v) is 16.0.